The SMILES string of the molecule is N#Cc1cc(-c2c[nH]c3ncc(C4=CCN(C(=O)C5CCOCC5)CC4)cc23)ccc1OC1CCOCC1. The van der Waals surface area contributed by atoms with Crippen LogP contribution in [0.1, 0.15) is 43.2 Å². The number of H-pyrrole nitrogens is 1. The Kier molecular flexibility index (Phi) is 7.12. The van der Waals surface area contributed by atoms with Crippen molar-refractivity contribution in [1.29, 1.82) is 5.26 Å². The number of carbonyl (C=O) groups is 1. The Balaban J connectivity index is 1.22. The zero-order valence-corrected chi connectivity index (χ0v) is 21.4. The van der Waals surface area contributed by atoms with Gasteiger partial charge in [-0.2, -0.15) is 5.26 Å². The molecular weight excluding hydrogens is 480 g/mol. The van der Waals surface area contributed by atoms with Crippen LogP contribution in [0.2, 0.25) is 0 Å². The third kappa shape index (κ3) is 5.04. The third-order valence-electron chi connectivity index (χ3n) is 7.87. The topological polar surface area (TPSA) is 100 Å². The molecule has 0 unspecified atom stereocenters. The lowest BCUT2D eigenvalue weighted by Gasteiger charge is -2.31. The first-order valence-corrected chi connectivity index (χ1v) is 13.5. The first-order chi connectivity index (χ1) is 18.7. The maximum atomic E-state index is 12.9. The average Bonchev–Trinajstić information content (AvgIpc) is 3.41. The Hall–Kier alpha value is -3.67. The fraction of sp³-hybridized carbons (Fsp3) is 0.433. The molecule has 6 rings (SSSR count). The van der Waals surface area contributed by atoms with Crippen LogP contribution in [0.3, 0.4) is 0 Å². The lowest BCUT2D eigenvalue weighted by molar-refractivity contribution is -0.138. The molecule has 3 aliphatic heterocycles. The van der Waals surface area contributed by atoms with Gasteiger partial charge >= 0.3 is 0 Å². The summed E-state index contributed by atoms with van der Waals surface area (Å²) in [5, 5.41) is 10.8. The highest BCUT2D eigenvalue weighted by molar-refractivity contribution is 5.95. The van der Waals surface area contributed by atoms with Gasteiger partial charge in [0.1, 0.15) is 23.6 Å². The van der Waals surface area contributed by atoms with E-state index in [4.69, 9.17) is 14.2 Å². The maximum Gasteiger partial charge on any atom is 0.226 e. The number of amides is 1. The number of aromatic nitrogens is 2. The summed E-state index contributed by atoms with van der Waals surface area (Å²) in [7, 11) is 0. The highest BCUT2D eigenvalue weighted by Gasteiger charge is 2.27. The maximum absolute atomic E-state index is 12.9. The molecule has 2 aromatic heterocycles. The van der Waals surface area contributed by atoms with E-state index in [1.807, 2.05) is 35.5 Å². The van der Waals surface area contributed by atoms with Crippen LogP contribution >= 0.6 is 0 Å². The third-order valence-corrected chi connectivity index (χ3v) is 7.87. The largest absolute Gasteiger partial charge is 0.489 e. The smallest absolute Gasteiger partial charge is 0.226 e. The van der Waals surface area contributed by atoms with E-state index >= 15 is 0 Å². The number of carbonyl (C=O) groups excluding carboxylic acids is 1. The van der Waals surface area contributed by atoms with Gasteiger partial charge in [0.15, 0.2) is 0 Å². The molecule has 3 aromatic rings. The van der Waals surface area contributed by atoms with Crippen molar-refractivity contribution < 1.29 is 19.0 Å². The monoisotopic (exact) mass is 512 g/mol. The van der Waals surface area contributed by atoms with Gasteiger partial charge in [0, 0.05) is 68.4 Å². The molecule has 0 radical (unpaired) electrons. The molecule has 0 saturated carbocycles. The van der Waals surface area contributed by atoms with E-state index in [1.165, 1.54) is 5.57 Å². The molecule has 38 heavy (non-hydrogen) atoms. The lowest BCUT2D eigenvalue weighted by Crippen LogP contribution is -2.40. The molecule has 8 nitrogen and oxygen atoms in total. The summed E-state index contributed by atoms with van der Waals surface area (Å²) in [4.78, 5) is 22.8. The number of nitrogens with zero attached hydrogens (tertiary/aromatic N) is 3. The molecule has 5 heterocycles. The van der Waals surface area contributed by atoms with Crippen molar-refractivity contribution in [2.45, 2.75) is 38.2 Å². The highest BCUT2D eigenvalue weighted by atomic mass is 16.5. The lowest BCUT2D eigenvalue weighted by atomic mass is 9.95. The molecule has 1 N–H and O–H groups in total. The molecule has 0 spiro atoms. The number of fused-ring (bicyclic) bond motifs is 1. The van der Waals surface area contributed by atoms with Crippen molar-refractivity contribution in [2.24, 2.45) is 5.92 Å². The number of hydrogen-bond donors (Lipinski definition) is 1. The van der Waals surface area contributed by atoms with E-state index in [0.717, 1.165) is 66.4 Å². The van der Waals surface area contributed by atoms with Gasteiger partial charge in [-0.25, -0.2) is 4.98 Å². The summed E-state index contributed by atoms with van der Waals surface area (Å²) >= 11 is 0. The van der Waals surface area contributed by atoms with Crippen molar-refractivity contribution in [3.63, 3.8) is 0 Å². The van der Waals surface area contributed by atoms with Crippen LogP contribution in [-0.2, 0) is 14.3 Å². The number of pyridine rings is 1. The molecule has 1 aromatic carbocycles. The first kappa shape index (κ1) is 24.7. The second-order valence-corrected chi connectivity index (χ2v) is 10.2. The fourth-order valence-electron chi connectivity index (χ4n) is 5.61. The number of nitrogens with one attached hydrogen (secondary N) is 1. The van der Waals surface area contributed by atoms with E-state index in [2.05, 4.69) is 28.2 Å². The Morgan fingerprint density at radius 3 is 2.61 bits per heavy atom. The summed E-state index contributed by atoms with van der Waals surface area (Å²) in [5.74, 6) is 0.961. The molecule has 2 saturated heterocycles. The van der Waals surface area contributed by atoms with Crippen LogP contribution < -0.4 is 4.74 Å². The highest BCUT2D eigenvalue weighted by Crippen LogP contribution is 2.34. The number of aromatic amines is 1. The van der Waals surface area contributed by atoms with Gasteiger partial charge in [0.25, 0.3) is 0 Å². The molecule has 0 bridgehead atoms. The standard InChI is InChI=1S/C30H32N4O4/c31-17-23-15-22(1-2-28(23)38-25-7-13-37-14-8-25)27-19-33-29-26(27)16-24(18-32-29)20-3-9-34(10-4-20)30(35)21-5-11-36-12-6-21/h1-3,15-16,18-19,21,25H,4-14H2,(H,32,33). The molecule has 0 atom stereocenters. The number of hydrogen-bond acceptors (Lipinski definition) is 6. The minimum absolute atomic E-state index is 0.0771. The summed E-state index contributed by atoms with van der Waals surface area (Å²) in [5.41, 5.74) is 5.54. The van der Waals surface area contributed by atoms with Crippen molar-refractivity contribution in [3.8, 4) is 22.9 Å². The fourth-order valence-corrected chi connectivity index (χ4v) is 5.61. The summed E-state index contributed by atoms with van der Waals surface area (Å²) in [6.45, 7) is 4.09. The molecule has 196 valence electrons. The van der Waals surface area contributed by atoms with Gasteiger partial charge in [-0.1, -0.05) is 12.1 Å². The molecular formula is C30H32N4O4. The van der Waals surface area contributed by atoms with E-state index in [0.29, 0.717) is 44.3 Å². The van der Waals surface area contributed by atoms with Gasteiger partial charge in [-0.3, -0.25) is 4.79 Å². The summed E-state index contributed by atoms with van der Waals surface area (Å²) in [6.07, 6.45) is 10.2. The number of benzene rings is 1. The van der Waals surface area contributed by atoms with Crippen molar-refractivity contribution >= 4 is 22.5 Å². The van der Waals surface area contributed by atoms with E-state index < -0.39 is 0 Å². The van der Waals surface area contributed by atoms with Crippen molar-refractivity contribution in [2.75, 3.05) is 39.5 Å². The van der Waals surface area contributed by atoms with Crippen molar-refractivity contribution in [1.82, 2.24) is 14.9 Å². The Morgan fingerprint density at radius 1 is 1.08 bits per heavy atom. The predicted molar refractivity (Wildman–Crippen MR) is 143 cm³/mol. The Labute approximate surface area is 222 Å². The minimum Gasteiger partial charge on any atom is -0.489 e. The second-order valence-electron chi connectivity index (χ2n) is 10.2. The summed E-state index contributed by atoms with van der Waals surface area (Å²) < 4.78 is 17.0. The van der Waals surface area contributed by atoms with E-state index in [9.17, 15) is 10.1 Å². The van der Waals surface area contributed by atoms with Gasteiger partial charge in [0.2, 0.25) is 5.91 Å². The Bertz CT molecular complexity index is 1390. The summed E-state index contributed by atoms with van der Waals surface area (Å²) in [6, 6.07) is 10.3. The quantitative estimate of drug-likeness (QED) is 0.532. The second kappa shape index (κ2) is 11.0. The molecule has 0 aliphatic carbocycles. The van der Waals surface area contributed by atoms with Crippen LogP contribution in [0, 0.1) is 17.2 Å². The van der Waals surface area contributed by atoms with Crippen LogP contribution in [0.5, 0.6) is 5.75 Å². The van der Waals surface area contributed by atoms with Gasteiger partial charge in [0.05, 0.1) is 18.8 Å². The normalized spacial score (nSPS) is 19.2. The number of ether oxygens (including phenoxy) is 3. The van der Waals surface area contributed by atoms with E-state index in [-0.39, 0.29) is 17.9 Å². The minimum atomic E-state index is 0.0771. The average molecular weight is 513 g/mol. The van der Waals surface area contributed by atoms with Gasteiger partial charge < -0.3 is 24.1 Å². The Morgan fingerprint density at radius 2 is 1.87 bits per heavy atom. The number of nitriles is 1. The molecule has 1 amide bonds. The number of rotatable bonds is 5. The van der Waals surface area contributed by atoms with E-state index in [1.54, 1.807) is 0 Å². The van der Waals surface area contributed by atoms with Crippen molar-refractivity contribution in [3.05, 3.63) is 53.9 Å². The zero-order valence-electron chi connectivity index (χ0n) is 21.4. The first-order valence-electron chi connectivity index (χ1n) is 13.5. The molecule has 2 fully saturated rings. The molecule has 3 aliphatic rings. The van der Waals surface area contributed by atoms with Crippen LogP contribution in [-0.4, -0.2) is 66.4 Å². The van der Waals surface area contributed by atoms with Gasteiger partial charge in [-0.15, -0.1) is 0 Å². The van der Waals surface area contributed by atoms with Crippen LogP contribution in [0.4, 0.5) is 0 Å². The van der Waals surface area contributed by atoms with Gasteiger partial charge in [-0.05, 0) is 54.2 Å². The molecule has 8 heteroatoms. The zero-order chi connectivity index (χ0) is 25.9. The predicted octanol–water partition coefficient (Wildman–Crippen LogP) is 4.70. The van der Waals surface area contributed by atoms with Crippen LogP contribution in [0.25, 0.3) is 27.7 Å². The van der Waals surface area contributed by atoms with Crippen LogP contribution in [0.15, 0.2) is 42.7 Å².